The largest absolute Gasteiger partial charge is 0.446 e. The number of pyridine rings is 1. The van der Waals surface area contributed by atoms with E-state index in [0.717, 1.165) is 16.7 Å². The van der Waals surface area contributed by atoms with Crippen molar-refractivity contribution in [1.29, 1.82) is 0 Å². The Balaban J connectivity index is 1.72. The van der Waals surface area contributed by atoms with Crippen molar-refractivity contribution in [2.45, 2.75) is 0 Å². The van der Waals surface area contributed by atoms with Gasteiger partial charge in [0.15, 0.2) is 5.17 Å². The molecule has 20 heavy (non-hydrogen) atoms. The second-order valence-corrected chi connectivity index (χ2v) is 9.14. The summed E-state index contributed by atoms with van der Waals surface area (Å²) < 4.78 is 10.4. The first kappa shape index (κ1) is 13.6. The maximum atomic E-state index is 5.89. The maximum absolute atomic E-state index is 5.89. The molecular weight excluding hydrogens is 309 g/mol. The number of para-hydroxylation sites is 1. The van der Waals surface area contributed by atoms with Crippen molar-refractivity contribution in [3.05, 3.63) is 54.7 Å². The number of hydrogen-bond acceptors (Lipinski definition) is 5. The average molecular weight is 321 g/mol. The molecule has 0 radical (unpaired) electrons. The zero-order valence-electron chi connectivity index (χ0n) is 10.5. The molecule has 0 aliphatic carbocycles. The molecule has 2 aromatic rings. The first-order valence-electron chi connectivity index (χ1n) is 5.98. The summed E-state index contributed by atoms with van der Waals surface area (Å²) in [5.74, 6) is 1.54. The summed E-state index contributed by atoms with van der Waals surface area (Å²) in [5, 5.41) is 3.95. The minimum absolute atomic E-state index is 0.701. The number of nitrogens with one attached hydrogen (secondary N) is 1. The topological polar surface area (TPSA) is 46.5 Å². The molecule has 1 aromatic heterocycles. The van der Waals surface area contributed by atoms with E-state index in [1.807, 2.05) is 48.5 Å². The molecule has 1 atom stereocenters. The van der Waals surface area contributed by atoms with Gasteiger partial charge in [0.25, 0.3) is 0 Å². The zero-order valence-corrected chi connectivity index (χ0v) is 13.0. The van der Waals surface area contributed by atoms with Crippen LogP contribution in [-0.2, 0) is 11.8 Å². The molecule has 1 aromatic carbocycles. The van der Waals surface area contributed by atoms with Gasteiger partial charge in [0.05, 0.1) is 5.49 Å². The van der Waals surface area contributed by atoms with Crippen LogP contribution in [0.1, 0.15) is 0 Å². The van der Waals surface area contributed by atoms with Crippen molar-refractivity contribution < 1.29 is 4.52 Å². The monoisotopic (exact) mass is 321 g/mol. The first-order valence-corrected chi connectivity index (χ1v) is 9.83. The maximum Gasteiger partial charge on any atom is 0.235 e. The van der Waals surface area contributed by atoms with Gasteiger partial charge in [-0.15, -0.1) is 0 Å². The van der Waals surface area contributed by atoms with Gasteiger partial charge in [-0.1, -0.05) is 36.0 Å². The van der Waals surface area contributed by atoms with Crippen LogP contribution in [0.15, 0.2) is 59.5 Å². The summed E-state index contributed by atoms with van der Waals surface area (Å²) in [4.78, 5) is 4.21. The number of hydrogen-bond donors (Lipinski definition) is 1. The van der Waals surface area contributed by atoms with Crippen LogP contribution in [0.4, 0.5) is 5.82 Å². The fourth-order valence-corrected chi connectivity index (χ4v) is 5.98. The molecule has 4 nitrogen and oxygen atoms in total. The highest BCUT2D eigenvalue weighted by molar-refractivity contribution is 8.28. The van der Waals surface area contributed by atoms with E-state index < -0.39 is 6.42 Å². The third-order valence-corrected chi connectivity index (χ3v) is 7.34. The van der Waals surface area contributed by atoms with E-state index in [1.165, 1.54) is 0 Å². The molecular formula is C13H12N3OPS2. The van der Waals surface area contributed by atoms with Crippen LogP contribution in [0.5, 0.6) is 5.75 Å². The van der Waals surface area contributed by atoms with Gasteiger partial charge in [0, 0.05) is 6.20 Å². The zero-order chi connectivity index (χ0) is 13.8. The second-order valence-electron chi connectivity index (χ2n) is 4.06. The molecule has 0 fully saturated rings. The Morgan fingerprint density at radius 2 is 1.95 bits per heavy atom. The van der Waals surface area contributed by atoms with Gasteiger partial charge in [-0.3, -0.25) is 0 Å². The van der Waals surface area contributed by atoms with Crippen LogP contribution < -0.4 is 9.84 Å². The van der Waals surface area contributed by atoms with E-state index in [9.17, 15) is 0 Å². The average Bonchev–Trinajstić information content (AvgIpc) is 2.82. The van der Waals surface area contributed by atoms with Gasteiger partial charge < -0.3 is 9.84 Å². The number of benzene rings is 1. The van der Waals surface area contributed by atoms with Gasteiger partial charge in [0.2, 0.25) is 6.42 Å². The van der Waals surface area contributed by atoms with Gasteiger partial charge in [0.1, 0.15) is 11.6 Å². The van der Waals surface area contributed by atoms with Gasteiger partial charge in [-0.25, -0.2) is 4.98 Å². The molecule has 0 bridgehead atoms. The van der Waals surface area contributed by atoms with Crippen molar-refractivity contribution in [2.75, 3.05) is 10.8 Å². The number of anilines is 1. The fourth-order valence-electron chi connectivity index (χ4n) is 1.64. The molecule has 0 saturated heterocycles. The lowest BCUT2D eigenvalue weighted by atomic mass is 10.3. The summed E-state index contributed by atoms with van der Waals surface area (Å²) in [6, 6.07) is 15.3. The third kappa shape index (κ3) is 3.39. The summed E-state index contributed by atoms with van der Waals surface area (Å²) in [5.41, 5.74) is 0.701. The van der Waals surface area contributed by atoms with E-state index in [1.54, 1.807) is 18.0 Å². The SMILES string of the molecule is S=P1(Oc2ccccc2)CSC(Nc2ccccn2)=N1. The normalized spacial score (nSPS) is 21.3. The van der Waals surface area contributed by atoms with Crippen molar-refractivity contribution in [1.82, 2.24) is 4.98 Å². The van der Waals surface area contributed by atoms with E-state index in [-0.39, 0.29) is 0 Å². The molecule has 1 aliphatic rings. The standard InChI is InChI=1S/C13H12N3OPS2/c19-18(17-11-6-2-1-3-7-11)10-20-13(16-18)15-12-8-4-5-9-14-12/h1-9H,10H2,(H,14,15,16,19). The summed E-state index contributed by atoms with van der Waals surface area (Å²) in [6.07, 6.45) is -0.456. The number of amidine groups is 1. The highest BCUT2D eigenvalue weighted by Crippen LogP contribution is 2.56. The van der Waals surface area contributed by atoms with Gasteiger partial charge in [-0.05, 0) is 36.1 Å². The van der Waals surface area contributed by atoms with E-state index in [0.29, 0.717) is 5.49 Å². The summed E-state index contributed by atoms with van der Waals surface area (Å²) in [6.45, 7) is 0. The van der Waals surface area contributed by atoms with E-state index in [2.05, 4.69) is 15.1 Å². The van der Waals surface area contributed by atoms with Crippen molar-refractivity contribution in [2.24, 2.45) is 4.76 Å². The predicted octanol–water partition coefficient (Wildman–Crippen LogP) is 3.94. The molecule has 0 saturated carbocycles. The summed E-state index contributed by atoms with van der Waals surface area (Å²) in [7, 11) is 0. The number of nitrogens with zero attached hydrogens (tertiary/aromatic N) is 2. The second kappa shape index (κ2) is 5.95. The lowest BCUT2D eigenvalue weighted by Crippen LogP contribution is -2.05. The lowest BCUT2D eigenvalue weighted by Gasteiger charge is -2.13. The fraction of sp³-hybridized carbons (Fsp3) is 0.0769. The highest BCUT2D eigenvalue weighted by atomic mass is 32.5. The Hall–Kier alpha value is -1.36. The smallest absolute Gasteiger partial charge is 0.235 e. The van der Waals surface area contributed by atoms with Crippen molar-refractivity contribution >= 4 is 41.0 Å². The molecule has 2 heterocycles. The Kier molecular flexibility index (Phi) is 4.05. The molecule has 0 amide bonds. The molecule has 1 N–H and O–H groups in total. The van der Waals surface area contributed by atoms with E-state index in [4.69, 9.17) is 16.3 Å². The Bertz CT molecular complexity index is 664. The first-order chi connectivity index (χ1) is 9.73. The van der Waals surface area contributed by atoms with Crippen LogP contribution in [0.25, 0.3) is 0 Å². The number of aromatic nitrogens is 1. The number of thioether (sulfide) groups is 1. The molecule has 3 rings (SSSR count). The quantitative estimate of drug-likeness (QED) is 0.868. The van der Waals surface area contributed by atoms with Crippen LogP contribution in [0.2, 0.25) is 0 Å². The highest BCUT2D eigenvalue weighted by Gasteiger charge is 2.27. The Morgan fingerprint density at radius 1 is 1.15 bits per heavy atom. The predicted molar refractivity (Wildman–Crippen MR) is 89.1 cm³/mol. The minimum Gasteiger partial charge on any atom is -0.446 e. The van der Waals surface area contributed by atoms with Crippen LogP contribution in [0.3, 0.4) is 0 Å². The molecule has 102 valence electrons. The summed E-state index contributed by atoms with van der Waals surface area (Å²) >= 11 is 7.14. The Morgan fingerprint density at radius 3 is 2.70 bits per heavy atom. The van der Waals surface area contributed by atoms with Gasteiger partial charge >= 0.3 is 0 Å². The van der Waals surface area contributed by atoms with Crippen LogP contribution in [-0.4, -0.2) is 15.6 Å². The van der Waals surface area contributed by atoms with Crippen LogP contribution in [0, 0.1) is 0 Å². The molecule has 0 spiro atoms. The van der Waals surface area contributed by atoms with Crippen molar-refractivity contribution in [3.63, 3.8) is 0 Å². The van der Waals surface area contributed by atoms with Gasteiger partial charge in [-0.2, -0.15) is 4.76 Å². The molecule has 7 heteroatoms. The minimum atomic E-state index is -2.19. The third-order valence-electron chi connectivity index (χ3n) is 2.50. The molecule has 1 unspecified atom stereocenters. The van der Waals surface area contributed by atoms with E-state index >= 15 is 0 Å². The Labute approximate surface area is 126 Å². The van der Waals surface area contributed by atoms with Crippen LogP contribution >= 0.6 is 18.2 Å². The molecule has 1 aliphatic heterocycles. The number of rotatable bonds is 3. The van der Waals surface area contributed by atoms with Crippen molar-refractivity contribution in [3.8, 4) is 5.75 Å². The lowest BCUT2D eigenvalue weighted by molar-refractivity contribution is 0.617.